The molecule has 0 aromatic heterocycles. The largest absolute Gasteiger partial charge is 0.367 e. The van der Waals surface area contributed by atoms with Crippen LogP contribution in [-0.2, 0) is 25.7 Å². The molecule has 0 fully saturated rings. The van der Waals surface area contributed by atoms with Crippen LogP contribution >= 0.6 is 0 Å². The average molecular weight is 423 g/mol. The Morgan fingerprint density at radius 2 is 0.742 bits per heavy atom. The molecule has 31 heavy (non-hydrogen) atoms. The van der Waals surface area contributed by atoms with Crippen LogP contribution in [0.1, 0.15) is 77.6 Å². The fraction of sp³-hybridized carbons (Fsp3) is 0.586. The molecule has 2 aromatic carbocycles. The molecule has 0 amide bonds. The van der Waals surface area contributed by atoms with Crippen LogP contribution in [0.15, 0.2) is 36.4 Å². The van der Waals surface area contributed by atoms with E-state index in [0.717, 1.165) is 32.4 Å². The van der Waals surface area contributed by atoms with E-state index in [1.807, 2.05) is 0 Å². The highest BCUT2D eigenvalue weighted by molar-refractivity contribution is 5.62. The molecule has 0 saturated heterocycles. The van der Waals surface area contributed by atoms with Gasteiger partial charge in [-0.15, -0.1) is 0 Å². The third-order valence-electron chi connectivity index (χ3n) is 5.52. The van der Waals surface area contributed by atoms with Gasteiger partial charge in [-0.3, -0.25) is 0 Å². The van der Waals surface area contributed by atoms with Gasteiger partial charge in [-0.05, 0) is 71.6 Å². The maximum absolute atomic E-state index is 3.79. The summed E-state index contributed by atoms with van der Waals surface area (Å²) >= 11 is 0. The van der Waals surface area contributed by atoms with Gasteiger partial charge in [0.2, 0.25) is 0 Å². The molecule has 0 spiro atoms. The summed E-state index contributed by atoms with van der Waals surface area (Å²) in [6.45, 7) is 19.2. The first-order chi connectivity index (χ1) is 14.7. The molecule has 2 N–H and O–H groups in total. The average Bonchev–Trinajstić information content (AvgIpc) is 2.63. The standard InChI is InChI=1S/C29H46N2/c1-20(2)15-24-11-9-12-25(16-21(3)4)28(24)30-19-31-29-26(17-22(5)6)13-10-14-27(29)18-23(7)8/h9-14,20-23,30-31H,15-19H2,1-8H3. The summed E-state index contributed by atoms with van der Waals surface area (Å²) in [6.07, 6.45) is 4.43. The van der Waals surface area contributed by atoms with Crippen LogP contribution < -0.4 is 10.6 Å². The molecule has 0 heterocycles. The van der Waals surface area contributed by atoms with Crippen molar-refractivity contribution in [3.8, 4) is 0 Å². The second-order valence-corrected chi connectivity index (χ2v) is 10.8. The molecule has 0 atom stereocenters. The summed E-state index contributed by atoms with van der Waals surface area (Å²) in [5.74, 6) is 2.58. The summed E-state index contributed by atoms with van der Waals surface area (Å²) in [7, 11) is 0. The SMILES string of the molecule is CC(C)Cc1cccc(CC(C)C)c1NCNc1c(CC(C)C)cccc1CC(C)C. The number of rotatable bonds is 12. The van der Waals surface area contributed by atoms with E-state index in [-0.39, 0.29) is 0 Å². The molecule has 0 aliphatic carbocycles. The minimum absolute atomic E-state index is 0.646. The topological polar surface area (TPSA) is 24.1 Å². The Balaban J connectivity index is 2.27. The third kappa shape index (κ3) is 8.24. The highest BCUT2D eigenvalue weighted by Crippen LogP contribution is 2.28. The Morgan fingerprint density at radius 1 is 0.484 bits per heavy atom. The van der Waals surface area contributed by atoms with Crippen molar-refractivity contribution < 1.29 is 0 Å². The summed E-state index contributed by atoms with van der Waals surface area (Å²) in [5.41, 5.74) is 8.43. The highest BCUT2D eigenvalue weighted by atomic mass is 15.1. The number of anilines is 2. The zero-order valence-electron chi connectivity index (χ0n) is 21.3. The lowest BCUT2D eigenvalue weighted by Crippen LogP contribution is -2.18. The lowest BCUT2D eigenvalue weighted by molar-refractivity contribution is 0.636. The van der Waals surface area contributed by atoms with Crippen molar-refractivity contribution in [1.82, 2.24) is 0 Å². The molecular formula is C29H46N2. The fourth-order valence-corrected chi connectivity index (χ4v) is 4.42. The first kappa shape index (κ1) is 25.3. The monoisotopic (exact) mass is 422 g/mol. The fourth-order valence-electron chi connectivity index (χ4n) is 4.42. The summed E-state index contributed by atoms with van der Waals surface area (Å²) in [4.78, 5) is 0. The Hall–Kier alpha value is -1.96. The Bertz CT molecular complexity index is 678. The quantitative estimate of drug-likeness (QED) is 0.339. The first-order valence-electron chi connectivity index (χ1n) is 12.4. The zero-order chi connectivity index (χ0) is 23.0. The second kappa shape index (κ2) is 12.2. The number of nitrogens with one attached hydrogen (secondary N) is 2. The van der Waals surface area contributed by atoms with Crippen LogP contribution in [0.5, 0.6) is 0 Å². The molecular weight excluding hydrogens is 376 g/mol. The highest BCUT2D eigenvalue weighted by Gasteiger charge is 2.13. The number of para-hydroxylation sites is 2. The van der Waals surface area contributed by atoms with Crippen molar-refractivity contribution in [1.29, 1.82) is 0 Å². The maximum atomic E-state index is 3.79. The van der Waals surface area contributed by atoms with Gasteiger partial charge >= 0.3 is 0 Å². The van der Waals surface area contributed by atoms with E-state index in [1.165, 1.54) is 33.6 Å². The van der Waals surface area contributed by atoms with Crippen molar-refractivity contribution in [2.75, 3.05) is 17.3 Å². The van der Waals surface area contributed by atoms with E-state index in [4.69, 9.17) is 0 Å². The molecule has 2 rings (SSSR count). The van der Waals surface area contributed by atoms with Gasteiger partial charge in [-0.25, -0.2) is 0 Å². The van der Waals surface area contributed by atoms with Crippen LogP contribution in [-0.4, -0.2) is 6.67 Å². The van der Waals surface area contributed by atoms with Crippen LogP contribution in [0.3, 0.4) is 0 Å². The van der Waals surface area contributed by atoms with Crippen LogP contribution in [0.2, 0.25) is 0 Å². The third-order valence-corrected chi connectivity index (χ3v) is 5.52. The van der Waals surface area contributed by atoms with Crippen LogP contribution in [0.4, 0.5) is 11.4 Å². The van der Waals surface area contributed by atoms with Gasteiger partial charge in [0.25, 0.3) is 0 Å². The Kier molecular flexibility index (Phi) is 9.93. The van der Waals surface area contributed by atoms with Crippen molar-refractivity contribution in [3.63, 3.8) is 0 Å². The van der Waals surface area contributed by atoms with Crippen LogP contribution in [0, 0.1) is 23.7 Å². The molecule has 0 radical (unpaired) electrons. The second-order valence-electron chi connectivity index (χ2n) is 10.8. The van der Waals surface area contributed by atoms with Crippen molar-refractivity contribution >= 4 is 11.4 Å². The molecule has 172 valence electrons. The Morgan fingerprint density at radius 3 is 0.968 bits per heavy atom. The summed E-state index contributed by atoms with van der Waals surface area (Å²) in [5, 5.41) is 7.58. The number of hydrogen-bond acceptors (Lipinski definition) is 2. The predicted octanol–water partition coefficient (Wildman–Crippen LogP) is 7.96. The van der Waals surface area contributed by atoms with Gasteiger partial charge < -0.3 is 10.6 Å². The van der Waals surface area contributed by atoms with Gasteiger partial charge in [0, 0.05) is 11.4 Å². The molecule has 0 unspecified atom stereocenters. The summed E-state index contributed by atoms with van der Waals surface area (Å²) < 4.78 is 0. The van der Waals surface area contributed by atoms with Gasteiger partial charge in [-0.2, -0.15) is 0 Å². The summed E-state index contributed by atoms with van der Waals surface area (Å²) in [6, 6.07) is 13.6. The van der Waals surface area contributed by atoms with Crippen molar-refractivity contribution in [3.05, 3.63) is 58.7 Å². The van der Waals surface area contributed by atoms with E-state index in [1.54, 1.807) is 0 Å². The van der Waals surface area contributed by atoms with E-state index in [9.17, 15) is 0 Å². The van der Waals surface area contributed by atoms with Crippen molar-refractivity contribution in [2.24, 2.45) is 23.7 Å². The van der Waals surface area contributed by atoms with E-state index in [2.05, 4.69) is 102 Å². The zero-order valence-corrected chi connectivity index (χ0v) is 21.3. The molecule has 2 heteroatoms. The number of hydrogen-bond donors (Lipinski definition) is 2. The minimum atomic E-state index is 0.646. The first-order valence-corrected chi connectivity index (χ1v) is 12.4. The van der Waals surface area contributed by atoms with E-state index < -0.39 is 0 Å². The maximum Gasteiger partial charge on any atom is 0.0849 e. The minimum Gasteiger partial charge on any atom is -0.367 e. The molecule has 2 nitrogen and oxygen atoms in total. The molecule has 2 aromatic rings. The van der Waals surface area contributed by atoms with Gasteiger partial charge in [0.15, 0.2) is 0 Å². The normalized spacial score (nSPS) is 11.7. The van der Waals surface area contributed by atoms with Crippen LogP contribution in [0.25, 0.3) is 0 Å². The Labute approximate surface area is 192 Å². The predicted molar refractivity (Wildman–Crippen MR) is 139 cm³/mol. The number of benzene rings is 2. The molecule has 0 aliphatic rings. The molecule has 0 aliphatic heterocycles. The molecule has 0 saturated carbocycles. The van der Waals surface area contributed by atoms with E-state index in [0.29, 0.717) is 23.7 Å². The van der Waals surface area contributed by atoms with Gasteiger partial charge in [0.05, 0.1) is 6.67 Å². The lowest BCUT2D eigenvalue weighted by Gasteiger charge is -2.22. The van der Waals surface area contributed by atoms with E-state index >= 15 is 0 Å². The van der Waals surface area contributed by atoms with Gasteiger partial charge in [-0.1, -0.05) is 91.8 Å². The van der Waals surface area contributed by atoms with Crippen molar-refractivity contribution in [2.45, 2.75) is 81.1 Å². The molecule has 0 bridgehead atoms. The van der Waals surface area contributed by atoms with Gasteiger partial charge in [0.1, 0.15) is 0 Å². The lowest BCUT2D eigenvalue weighted by atomic mass is 9.94. The smallest absolute Gasteiger partial charge is 0.0849 e.